The van der Waals surface area contributed by atoms with E-state index in [1.54, 1.807) is 0 Å². The monoisotopic (exact) mass is 290 g/mol. The van der Waals surface area contributed by atoms with Gasteiger partial charge in [0.05, 0.1) is 6.07 Å². The average Bonchev–Trinajstić information content (AvgIpc) is 2.36. The second-order valence-electron chi connectivity index (χ2n) is 6.00. The summed E-state index contributed by atoms with van der Waals surface area (Å²) < 4.78 is 0. The van der Waals surface area contributed by atoms with Crippen molar-refractivity contribution in [3.05, 3.63) is 35.4 Å². The van der Waals surface area contributed by atoms with E-state index in [1.165, 1.54) is 11.1 Å². The number of benzene rings is 1. The first-order valence-electron chi connectivity index (χ1n) is 7.21. The first kappa shape index (κ1) is 17.1. The van der Waals surface area contributed by atoms with E-state index < -0.39 is 5.54 Å². The highest BCUT2D eigenvalue weighted by Gasteiger charge is 2.27. The fraction of sp³-hybridized carbons (Fsp3) is 0.588. The zero-order valence-electron chi connectivity index (χ0n) is 13.2. The van der Waals surface area contributed by atoms with Gasteiger partial charge in [-0.2, -0.15) is 17.0 Å². The molecule has 0 aliphatic heterocycles. The van der Waals surface area contributed by atoms with Crippen molar-refractivity contribution < 1.29 is 0 Å². The molecule has 110 valence electrons. The number of aryl methyl sites for hydroxylation is 1. The quantitative estimate of drug-likeness (QED) is 0.814. The molecule has 2 nitrogen and oxygen atoms in total. The molecule has 0 spiro atoms. The molecule has 0 amide bonds. The maximum atomic E-state index is 9.39. The van der Waals surface area contributed by atoms with Crippen LogP contribution in [0.3, 0.4) is 0 Å². The van der Waals surface area contributed by atoms with Crippen LogP contribution in [-0.4, -0.2) is 16.8 Å². The molecule has 1 aromatic carbocycles. The predicted octanol–water partition coefficient (Wildman–Crippen LogP) is 4.29. The number of nitrogens with zero attached hydrogens (tertiary/aromatic N) is 1. The van der Waals surface area contributed by atoms with Gasteiger partial charge in [-0.25, -0.2) is 0 Å². The highest BCUT2D eigenvalue weighted by Crippen LogP contribution is 2.26. The Morgan fingerprint density at radius 1 is 1.30 bits per heavy atom. The molecule has 0 bridgehead atoms. The average molecular weight is 290 g/mol. The third-order valence-electron chi connectivity index (χ3n) is 3.33. The predicted molar refractivity (Wildman–Crippen MR) is 88.8 cm³/mol. The molecular weight excluding hydrogens is 264 g/mol. The number of hydrogen-bond acceptors (Lipinski definition) is 3. The summed E-state index contributed by atoms with van der Waals surface area (Å²) in [7, 11) is 0. The van der Waals surface area contributed by atoms with Gasteiger partial charge in [-0.15, -0.1) is 0 Å². The summed E-state index contributed by atoms with van der Waals surface area (Å²) in [6.07, 6.45) is 0.859. The van der Waals surface area contributed by atoms with Crippen molar-refractivity contribution in [3.63, 3.8) is 0 Å². The van der Waals surface area contributed by atoms with Crippen molar-refractivity contribution in [2.75, 3.05) is 0 Å². The molecule has 2 unspecified atom stereocenters. The van der Waals surface area contributed by atoms with Gasteiger partial charge in [-0.05, 0) is 45.2 Å². The summed E-state index contributed by atoms with van der Waals surface area (Å²) in [5.74, 6) is 1.01. The smallest absolute Gasteiger partial charge is 0.105 e. The number of thioether (sulfide) groups is 1. The third kappa shape index (κ3) is 5.56. The standard InChI is InChI=1S/C17H26N2S/c1-13(2)19-17(5,12-18)10-15(4)20-11-16-9-7-6-8-14(16)3/h6-9,13,15,19H,10-11H2,1-5H3. The molecule has 20 heavy (non-hydrogen) atoms. The lowest BCUT2D eigenvalue weighted by atomic mass is 9.97. The van der Waals surface area contributed by atoms with E-state index >= 15 is 0 Å². The van der Waals surface area contributed by atoms with Gasteiger partial charge in [-0.3, -0.25) is 5.32 Å². The van der Waals surface area contributed by atoms with Crippen LogP contribution in [-0.2, 0) is 5.75 Å². The summed E-state index contributed by atoms with van der Waals surface area (Å²) in [5, 5.41) is 13.2. The Morgan fingerprint density at radius 2 is 1.95 bits per heavy atom. The minimum Gasteiger partial charge on any atom is -0.297 e. The largest absolute Gasteiger partial charge is 0.297 e. The van der Waals surface area contributed by atoms with Gasteiger partial charge < -0.3 is 0 Å². The molecule has 0 aliphatic rings. The van der Waals surface area contributed by atoms with Crippen LogP contribution in [0.25, 0.3) is 0 Å². The minimum atomic E-state index is -0.438. The van der Waals surface area contributed by atoms with E-state index in [4.69, 9.17) is 0 Å². The highest BCUT2D eigenvalue weighted by atomic mass is 32.2. The lowest BCUT2D eigenvalue weighted by Gasteiger charge is -2.28. The minimum absolute atomic E-state index is 0.327. The molecule has 0 saturated carbocycles. The van der Waals surface area contributed by atoms with Crippen LogP contribution in [0, 0.1) is 18.3 Å². The number of rotatable bonds is 7. The van der Waals surface area contributed by atoms with Crippen molar-refractivity contribution >= 4 is 11.8 Å². The van der Waals surface area contributed by atoms with Crippen LogP contribution in [0.15, 0.2) is 24.3 Å². The second kappa shape index (κ2) is 7.71. The van der Waals surface area contributed by atoms with Gasteiger partial charge in [0.15, 0.2) is 0 Å². The molecule has 0 aromatic heterocycles. The van der Waals surface area contributed by atoms with Crippen LogP contribution < -0.4 is 5.32 Å². The van der Waals surface area contributed by atoms with Gasteiger partial charge in [0.25, 0.3) is 0 Å². The molecule has 1 rings (SSSR count). The van der Waals surface area contributed by atoms with Gasteiger partial charge in [0.2, 0.25) is 0 Å². The highest BCUT2D eigenvalue weighted by molar-refractivity contribution is 7.99. The molecular formula is C17H26N2S. The van der Waals surface area contributed by atoms with E-state index in [1.807, 2.05) is 18.7 Å². The van der Waals surface area contributed by atoms with Crippen molar-refractivity contribution in [3.8, 4) is 6.07 Å². The van der Waals surface area contributed by atoms with Gasteiger partial charge in [0.1, 0.15) is 5.54 Å². The maximum absolute atomic E-state index is 9.39. The van der Waals surface area contributed by atoms with Crippen LogP contribution >= 0.6 is 11.8 Å². The van der Waals surface area contributed by atoms with Crippen molar-refractivity contribution in [1.82, 2.24) is 5.32 Å². The van der Waals surface area contributed by atoms with Crippen molar-refractivity contribution in [2.45, 2.75) is 63.6 Å². The van der Waals surface area contributed by atoms with Crippen LogP contribution in [0.2, 0.25) is 0 Å². The Hall–Kier alpha value is -0.980. The second-order valence-corrected chi connectivity index (χ2v) is 7.42. The van der Waals surface area contributed by atoms with E-state index in [0.717, 1.165) is 12.2 Å². The van der Waals surface area contributed by atoms with E-state index in [2.05, 4.69) is 63.3 Å². The van der Waals surface area contributed by atoms with Gasteiger partial charge in [-0.1, -0.05) is 31.2 Å². The number of nitrogens with one attached hydrogen (secondary N) is 1. The molecule has 3 heteroatoms. The Kier molecular flexibility index (Phi) is 6.58. The van der Waals surface area contributed by atoms with Crippen molar-refractivity contribution in [2.24, 2.45) is 0 Å². The Labute approximate surface area is 128 Å². The van der Waals surface area contributed by atoms with Crippen LogP contribution in [0.1, 0.15) is 45.2 Å². The van der Waals surface area contributed by atoms with E-state index in [0.29, 0.717) is 11.3 Å². The molecule has 1 aromatic rings. The lowest BCUT2D eigenvalue weighted by Crippen LogP contribution is -2.46. The Balaban J connectivity index is 2.53. The maximum Gasteiger partial charge on any atom is 0.105 e. The zero-order chi connectivity index (χ0) is 15.2. The SMILES string of the molecule is Cc1ccccc1CSC(C)CC(C)(C#N)NC(C)C. The third-order valence-corrected chi connectivity index (χ3v) is 4.55. The number of hydrogen-bond donors (Lipinski definition) is 1. The van der Waals surface area contributed by atoms with Gasteiger partial charge in [0, 0.05) is 17.0 Å². The molecule has 2 atom stereocenters. The van der Waals surface area contributed by atoms with Crippen LogP contribution in [0.4, 0.5) is 0 Å². The Bertz CT molecular complexity index is 464. The van der Waals surface area contributed by atoms with Crippen molar-refractivity contribution in [1.29, 1.82) is 5.26 Å². The first-order valence-corrected chi connectivity index (χ1v) is 8.26. The summed E-state index contributed by atoms with van der Waals surface area (Å²) in [4.78, 5) is 0. The summed E-state index contributed by atoms with van der Waals surface area (Å²) >= 11 is 1.92. The molecule has 0 aliphatic carbocycles. The summed E-state index contributed by atoms with van der Waals surface area (Å²) in [6.45, 7) is 10.5. The van der Waals surface area contributed by atoms with Crippen LogP contribution in [0.5, 0.6) is 0 Å². The molecule has 1 N–H and O–H groups in total. The number of nitriles is 1. The zero-order valence-corrected chi connectivity index (χ0v) is 14.1. The molecule has 0 saturated heterocycles. The Morgan fingerprint density at radius 3 is 2.50 bits per heavy atom. The molecule has 0 radical (unpaired) electrons. The van der Waals surface area contributed by atoms with E-state index in [-0.39, 0.29) is 0 Å². The first-order chi connectivity index (χ1) is 9.36. The molecule has 0 fully saturated rings. The molecule has 0 heterocycles. The normalized spacial score (nSPS) is 15.7. The fourth-order valence-electron chi connectivity index (χ4n) is 2.41. The topological polar surface area (TPSA) is 35.8 Å². The van der Waals surface area contributed by atoms with Gasteiger partial charge >= 0.3 is 0 Å². The summed E-state index contributed by atoms with van der Waals surface area (Å²) in [5.41, 5.74) is 2.29. The van der Waals surface area contributed by atoms with E-state index in [9.17, 15) is 5.26 Å². The fourth-order valence-corrected chi connectivity index (χ4v) is 3.65. The lowest BCUT2D eigenvalue weighted by molar-refractivity contribution is 0.382. The summed E-state index contributed by atoms with van der Waals surface area (Å²) in [6, 6.07) is 11.3.